The number of hydrogen-bond acceptors (Lipinski definition) is 20. The maximum Gasteiger partial charge on any atom is 0.327 e. The molecule has 0 spiro atoms. The molecule has 1 aromatic heterocycles. The van der Waals surface area contributed by atoms with Gasteiger partial charge in [0.15, 0.2) is 0 Å². The molecule has 21 N–H and O–H groups in total. The Morgan fingerprint density at radius 2 is 0.802 bits per heavy atom. The van der Waals surface area contributed by atoms with Gasteiger partial charge in [0, 0.05) is 58.2 Å². The second-order valence-corrected chi connectivity index (χ2v) is 21.1. The number of aliphatic carboxylic acids is 6. The maximum atomic E-state index is 14.0. The van der Waals surface area contributed by atoms with Crippen molar-refractivity contribution in [2.24, 2.45) is 11.5 Å². The van der Waals surface area contributed by atoms with E-state index in [1.807, 2.05) is 0 Å². The molecule has 9 amide bonds. The van der Waals surface area contributed by atoms with Crippen LogP contribution in [0.5, 0.6) is 0 Å². The summed E-state index contributed by atoms with van der Waals surface area (Å²) in [5, 5.41) is 84.0. The van der Waals surface area contributed by atoms with E-state index < -0.39 is 234 Å². The maximum absolute atomic E-state index is 14.0. The van der Waals surface area contributed by atoms with Gasteiger partial charge in [-0.1, -0.05) is 5.21 Å². The predicted octanol–water partition coefficient (Wildman–Crippen LogP) is -6.71. The van der Waals surface area contributed by atoms with Crippen molar-refractivity contribution in [3.05, 3.63) is 11.9 Å². The molecule has 1 rings (SSSR count). The molecule has 9 atom stereocenters. The molecule has 0 aliphatic heterocycles. The van der Waals surface area contributed by atoms with Crippen LogP contribution in [0.4, 0.5) is 0 Å². The SMILES string of the molecule is CNC(=O)[C@H](Cc1cn(CCP(=O)(O)O)nn1)NC(=O)[C@H](CCCCN)NC(=O)[C@H](C)NC(=O)[C@H](CCC(=O)O)NC(=O)[C@H](CCC(=O)O)NC(=O)[C@H](CCC(=O)O)NC(=O)[C@H](CCC(=O)O)NC(=O)[C@H](CCC(=O)O)NC(=O)[C@@H](N)CCC(=O)O. The van der Waals surface area contributed by atoms with E-state index in [-0.39, 0.29) is 38.0 Å². The fourth-order valence-corrected chi connectivity index (χ4v) is 8.00. The molecule has 0 bridgehead atoms. The average Bonchev–Trinajstić information content (AvgIpc) is 3.80. The van der Waals surface area contributed by atoms with Crippen molar-refractivity contribution < 1.29 is 117 Å². The first-order chi connectivity index (χ1) is 40.2. The van der Waals surface area contributed by atoms with Crippen LogP contribution < -0.4 is 59.3 Å². The number of carboxylic acid groups (broad SMARTS) is 6. The van der Waals surface area contributed by atoms with Crippen LogP contribution in [0.3, 0.4) is 0 Å². The van der Waals surface area contributed by atoms with Gasteiger partial charge < -0.3 is 99.7 Å². The van der Waals surface area contributed by atoms with Gasteiger partial charge in [-0.15, -0.1) is 5.10 Å². The molecule has 1 heterocycles. The van der Waals surface area contributed by atoms with Crippen LogP contribution in [-0.2, 0) is 89.4 Å². The molecule has 0 radical (unpaired) electrons. The van der Waals surface area contributed by atoms with Crippen LogP contribution in [0.25, 0.3) is 0 Å². The first-order valence-corrected chi connectivity index (χ1v) is 28.3. The number of hydrogen-bond donors (Lipinski definition) is 19. The molecule has 0 aliphatic rings. The molecule has 86 heavy (non-hydrogen) atoms. The number of unbranched alkanes of at least 4 members (excludes halogenated alkanes) is 1. The zero-order valence-electron chi connectivity index (χ0n) is 46.8. The Morgan fingerprint density at radius 1 is 0.477 bits per heavy atom. The molecule has 0 saturated heterocycles. The highest BCUT2D eigenvalue weighted by Gasteiger charge is 2.36. The van der Waals surface area contributed by atoms with Crippen molar-refractivity contribution >= 4 is 96.6 Å². The minimum Gasteiger partial charge on any atom is -0.481 e. The minimum absolute atomic E-state index is 0.0781. The van der Waals surface area contributed by atoms with Gasteiger partial charge in [-0.25, -0.2) is 0 Å². The number of likely N-dealkylation sites (N-methyl/N-ethyl adjacent to an activating group) is 1. The molecule has 1 aromatic rings. The summed E-state index contributed by atoms with van der Waals surface area (Å²) < 4.78 is 12.4. The topological polar surface area (TPSA) is 626 Å². The highest BCUT2D eigenvalue weighted by molar-refractivity contribution is 7.51. The number of carbonyl (C=O) groups excluding carboxylic acids is 9. The number of aryl methyl sites for hydroxylation is 1. The van der Waals surface area contributed by atoms with Crippen LogP contribution in [0.1, 0.15) is 109 Å². The van der Waals surface area contributed by atoms with Gasteiger partial charge in [-0.3, -0.25) is 81.2 Å². The number of nitrogens with one attached hydrogen (secondary N) is 9. The average molecular weight is 1250 g/mol. The van der Waals surface area contributed by atoms with Gasteiger partial charge >= 0.3 is 43.4 Å². The van der Waals surface area contributed by atoms with E-state index in [2.05, 4.69) is 58.2 Å². The molecule has 0 aromatic carbocycles. The Morgan fingerprint density at radius 3 is 1.15 bits per heavy atom. The van der Waals surface area contributed by atoms with E-state index in [4.69, 9.17) is 16.6 Å². The third-order valence-electron chi connectivity index (χ3n) is 12.2. The summed E-state index contributed by atoms with van der Waals surface area (Å²) in [4.78, 5) is 210. The van der Waals surface area contributed by atoms with Crippen molar-refractivity contribution in [1.82, 2.24) is 62.8 Å². The summed E-state index contributed by atoms with van der Waals surface area (Å²) in [5.74, 6) is -19.5. The molecule has 0 saturated carbocycles. The summed E-state index contributed by atoms with van der Waals surface area (Å²) in [6, 6.07) is -15.6. The van der Waals surface area contributed by atoms with Gasteiger partial charge in [0.2, 0.25) is 53.2 Å². The number of amides is 9. The zero-order chi connectivity index (χ0) is 65.4. The molecule has 0 fully saturated rings. The van der Waals surface area contributed by atoms with Crippen molar-refractivity contribution in [3.63, 3.8) is 0 Å². The summed E-state index contributed by atoms with van der Waals surface area (Å²) >= 11 is 0. The van der Waals surface area contributed by atoms with Crippen LogP contribution >= 0.6 is 7.60 Å². The number of nitrogens with zero attached hydrogens (tertiary/aromatic N) is 3. The minimum atomic E-state index is -4.41. The van der Waals surface area contributed by atoms with Crippen molar-refractivity contribution in [1.29, 1.82) is 0 Å². The van der Waals surface area contributed by atoms with E-state index in [1.54, 1.807) is 0 Å². The van der Waals surface area contributed by atoms with Gasteiger partial charge in [0.1, 0.15) is 48.3 Å². The molecule has 38 nitrogen and oxygen atoms in total. The fraction of sp³-hybridized carbons (Fsp3) is 0.638. The van der Waals surface area contributed by atoms with Gasteiger partial charge in [-0.2, -0.15) is 0 Å². The third-order valence-corrected chi connectivity index (χ3v) is 13.0. The Kier molecular flexibility index (Phi) is 33.5. The van der Waals surface area contributed by atoms with E-state index in [9.17, 15) is 112 Å². The third kappa shape index (κ3) is 31.2. The quantitative estimate of drug-likeness (QED) is 0.0213. The van der Waals surface area contributed by atoms with E-state index in [1.165, 1.54) is 13.2 Å². The molecule has 0 unspecified atom stereocenters. The Bertz CT molecular complexity index is 2630. The number of carbonyl (C=O) groups is 15. The smallest absolute Gasteiger partial charge is 0.327 e. The summed E-state index contributed by atoms with van der Waals surface area (Å²) in [5.41, 5.74) is 11.5. The second-order valence-electron chi connectivity index (χ2n) is 19.3. The lowest BCUT2D eigenvalue weighted by atomic mass is 10.0. The molecule has 0 aliphatic carbocycles. The van der Waals surface area contributed by atoms with E-state index in [0.717, 1.165) is 11.6 Å². The van der Waals surface area contributed by atoms with Crippen LogP contribution in [0.15, 0.2) is 6.20 Å². The Hall–Kier alpha value is -8.74. The van der Waals surface area contributed by atoms with Crippen molar-refractivity contribution in [2.45, 2.75) is 171 Å². The van der Waals surface area contributed by atoms with Gasteiger partial charge in [-0.05, 0) is 71.3 Å². The largest absolute Gasteiger partial charge is 0.481 e. The summed E-state index contributed by atoms with van der Waals surface area (Å²) in [6.07, 6.45) is -8.10. The van der Waals surface area contributed by atoms with Crippen LogP contribution in [0.2, 0.25) is 0 Å². The highest BCUT2D eigenvalue weighted by atomic mass is 31.2. The standard InChI is InChI=1S/C47H75N14O24P/c1-23(39(74)52-26(5-3-4-18-48)43(78)58-32(41(76)50-2)21-24-22-61(60-59-24)19-20-86(83,84)85)51-42(77)27(7-13-34(64)65)54-45(80)29(9-15-36(68)69)56-47(82)31(11-17-38(72)73)57-46(81)30(10-16-37(70)71)55-44(79)28(8-14-35(66)67)53-40(75)25(49)6-12-33(62)63/h22-23,25-32H,3-21,48-49H2,1-2H3,(H,50,76)(H,51,77)(H,52,74)(H,53,75)(H,54,80)(H,55,79)(H,56,82)(H,57,81)(H,58,78)(H,62,63)(H,64,65)(H,66,67)(H,68,69)(H,70,71)(H,72,73)(H2,83,84,85)/t23-,25-,26-,27-,28-,29-,30-,31-,32-/m0/s1. The lowest BCUT2D eigenvalue weighted by Gasteiger charge is -2.27. The molecular formula is C47H75N14O24P. The normalized spacial score (nSPS) is 14.3. The lowest BCUT2D eigenvalue weighted by Crippen LogP contribution is -2.60. The first kappa shape index (κ1) is 75.3. The van der Waals surface area contributed by atoms with Gasteiger partial charge in [0.05, 0.1) is 24.4 Å². The summed E-state index contributed by atoms with van der Waals surface area (Å²) in [7, 11) is -3.15. The van der Waals surface area contributed by atoms with Crippen LogP contribution in [-0.4, -0.2) is 219 Å². The number of aromatic nitrogens is 3. The van der Waals surface area contributed by atoms with E-state index >= 15 is 0 Å². The summed E-state index contributed by atoms with van der Waals surface area (Å²) in [6.45, 7) is 1.06. The lowest BCUT2D eigenvalue weighted by molar-refractivity contribution is -0.141. The predicted molar refractivity (Wildman–Crippen MR) is 288 cm³/mol. The van der Waals surface area contributed by atoms with Crippen molar-refractivity contribution in [3.8, 4) is 0 Å². The highest BCUT2D eigenvalue weighted by Crippen LogP contribution is 2.33. The number of rotatable bonds is 44. The monoisotopic (exact) mass is 1250 g/mol. The zero-order valence-corrected chi connectivity index (χ0v) is 47.7. The van der Waals surface area contributed by atoms with Crippen LogP contribution in [0, 0.1) is 0 Å². The van der Waals surface area contributed by atoms with Crippen molar-refractivity contribution in [2.75, 3.05) is 19.8 Å². The number of nitrogens with two attached hydrogens (primary N) is 2. The van der Waals surface area contributed by atoms with E-state index in [0.29, 0.717) is 6.42 Å². The molecular weight excluding hydrogens is 1180 g/mol. The fourth-order valence-electron chi connectivity index (χ4n) is 7.54. The molecule has 39 heteroatoms. The van der Waals surface area contributed by atoms with Gasteiger partial charge in [0.25, 0.3) is 0 Å². The second kappa shape index (κ2) is 38.3. The number of carboxylic acids is 6. The Labute approximate surface area is 489 Å². The Balaban J connectivity index is 3.51. The first-order valence-electron chi connectivity index (χ1n) is 26.5. The molecule has 482 valence electrons.